The summed E-state index contributed by atoms with van der Waals surface area (Å²) >= 11 is 0. The fourth-order valence-corrected chi connectivity index (χ4v) is 4.08. The third kappa shape index (κ3) is 3.32. The first kappa shape index (κ1) is 18.4. The number of aromatic nitrogens is 4. The maximum absolute atomic E-state index is 13.0. The molecule has 1 aliphatic rings. The van der Waals surface area contributed by atoms with Gasteiger partial charge in [-0.05, 0) is 44.7 Å². The summed E-state index contributed by atoms with van der Waals surface area (Å²) in [5.74, 6) is 0.0628. The van der Waals surface area contributed by atoms with Gasteiger partial charge in [-0.15, -0.1) is 0 Å². The quantitative estimate of drug-likeness (QED) is 0.755. The number of likely N-dealkylation sites (tertiary alicyclic amines) is 1. The van der Waals surface area contributed by atoms with Gasteiger partial charge in [-0.3, -0.25) is 19.7 Å². The van der Waals surface area contributed by atoms with E-state index in [-0.39, 0.29) is 23.9 Å². The number of aromatic amines is 1. The molecule has 3 aromatic rings. The molecule has 7 nitrogen and oxygen atoms in total. The molecule has 146 valence electrons. The molecule has 3 aromatic heterocycles. The van der Waals surface area contributed by atoms with Crippen LogP contribution in [0.15, 0.2) is 35.3 Å². The Morgan fingerprint density at radius 3 is 2.93 bits per heavy atom. The topological polar surface area (TPSA) is 83.4 Å². The number of pyridine rings is 1. The first-order valence-electron chi connectivity index (χ1n) is 9.89. The number of carbonyl (C=O) groups excluding carboxylic acids is 1. The predicted molar refractivity (Wildman–Crippen MR) is 106 cm³/mol. The second-order valence-corrected chi connectivity index (χ2v) is 7.34. The Bertz CT molecular complexity index is 1050. The van der Waals surface area contributed by atoms with Gasteiger partial charge in [-0.1, -0.05) is 13.0 Å². The van der Waals surface area contributed by atoms with Crippen molar-refractivity contribution >= 4 is 11.6 Å². The molecule has 1 aliphatic heterocycles. The number of nitrogens with zero attached hydrogens (tertiary/aromatic N) is 4. The van der Waals surface area contributed by atoms with Gasteiger partial charge in [0, 0.05) is 35.8 Å². The maximum Gasteiger partial charge on any atom is 0.276 e. The van der Waals surface area contributed by atoms with Gasteiger partial charge in [0.1, 0.15) is 0 Å². The molecular formula is C21H25N5O2. The van der Waals surface area contributed by atoms with Gasteiger partial charge in [0.05, 0.1) is 18.2 Å². The number of aryl methyl sites for hydroxylation is 1. The van der Waals surface area contributed by atoms with E-state index in [2.05, 4.69) is 15.1 Å². The smallest absolute Gasteiger partial charge is 0.276 e. The molecule has 7 heteroatoms. The number of piperidine rings is 1. The Balaban J connectivity index is 1.67. The maximum atomic E-state index is 13.0. The van der Waals surface area contributed by atoms with Crippen LogP contribution in [0.4, 0.5) is 0 Å². The summed E-state index contributed by atoms with van der Waals surface area (Å²) in [4.78, 5) is 36.5. The van der Waals surface area contributed by atoms with Crippen LogP contribution in [0.2, 0.25) is 0 Å². The van der Waals surface area contributed by atoms with Crippen LogP contribution >= 0.6 is 0 Å². The molecule has 28 heavy (non-hydrogen) atoms. The van der Waals surface area contributed by atoms with Crippen molar-refractivity contribution in [3.05, 3.63) is 63.5 Å². The van der Waals surface area contributed by atoms with Crippen molar-refractivity contribution in [2.24, 2.45) is 0 Å². The zero-order valence-electron chi connectivity index (χ0n) is 16.3. The molecule has 0 spiro atoms. The Morgan fingerprint density at radius 2 is 2.18 bits per heavy atom. The predicted octanol–water partition coefficient (Wildman–Crippen LogP) is 2.58. The summed E-state index contributed by atoms with van der Waals surface area (Å²) in [6.45, 7) is 4.55. The van der Waals surface area contributed by atoms with Crippen molar-refractivity contribution < 1.29 is 4.79 Å². The molecule has 0 bridgehead atoms. The summed E-state index contributed by atoms with van der Waals surface area (Å²) in [5.41, 5.74) is 3.68. The lowest BCUT2D eigenvalue weighted by molar-refractivity contribution is -0.134. The summed E-state index contributed by atoms with van der Waals surface area (Å²) in [7, 11) is 0. The molecule has 0 radical (unpaired) electrons. The number of amides is 1. The summed E-state index contributed by atoms with van der Waals surface area (Å²) in [6, 6.07) is 7.45. The van der Waals surface area contributed by atoms with Gasteiger partial charge in [0.15, 0.2) is 5.65 Å². The van der Waals surface area contributed by atoms with Crippen LogP contribution in [-0.4, -0.2) is 36.9 Å². The molecule has 0 aromatic carbocycles. The van der Waals surface area contributed by atoms with Gasteiger partial charge in [-0.25, -0.2) is 9.50 Å². The van der Waals surface area contributed by atoms with E-state index in [9.17, 15) is 9.59 Å². The van der Waals surface area contributed by atoms with Gasteiger partial charge in [0.2, 0.25) is 5.91 Å². The van der Waals surface area contributed by atoms with E-state index >= 15 is 0 Å². The van der Waals surface area contributed by atoms with E-state index in [1.807, 2.05) is 43.0 Å². The lowest BCUT2D eigenvalue weighted by atomic mass is 9.98. The third-order valence-electron chi connectivity index (χ3n) is 5.53. The van der Waals surface area contributed by atoms with Gasteiger partial charge in [-0.2, -0.15) is 0 Å². The fraction of sp³-hybridized carbons (Fsp3) is 0.429. The molecule has 1 atom stereocenters. The summed E-state index contributed by atoms with van der Waals surface area (Å²) in [6.07, 6.45) is 5.55. The minimum Gasteiger partial charge on any atom is -0.334 e. The number of H-pyrrole nitrogens is 1. The van der Waals surface area contributed by atoms with Crippen LogP contribution in [0.5, 0.6) is 0 Å². The van der Waals surface area contributed by atoms with Crippen molar-refractivity contribution in [2.75, 3.05) is 6.54 Å². The molecule has 4 rings (SSSR count). The molecule has 0 saturated carbocycles. The van der Waals surface area contributed by atoms with E-state index < -0.39 is 0 Å². The van der Waals surface area contributed by atoms with Crippen molar-refractivity contribution in [1.29, 1.82) is 0 Å². The van der Waals surface area contributed by atoms with Gasteiger partial charge in [0.25, 0.3) is 5.56 Å². The first-order chi connectivity index (χ1) is 13.6. The normalized spacial score (nSPS) is 17.2. The first-order valence-corrected chi connectivity index (χ1v) is 9.89. The average Bonchev–Trinajstić information content (AvgIpc) is 3.13. The molecular weight excluding hydrogens is 354 g/mol. The van der Waals surface area contributed by atoms with Crippen LogP contribution < -0.4 is 5.56 Å². The Labute approximate surface area is 163 Å². The summed E-state index contributed by atoms with van der Waals surface area (Å²) in [5, 5.41) is 3.22. The zero-order valence-corrected chi connectivity index (χ0v) is 16.3. The number of carbonyl (C=O) groups is 1. The van der Waals surface area contributed by atoms with E-state index in [1.54, 1.807) is 6.20 Å². The largest absolute Gasteiger partial charge is 0.334 e. The van der Waals surface area contributed by atoms with Crippen molar-refractivity contribution in [3.63, 3.8) is 0 Å². The number of nitrogens with one attached hydrogen (secondary N) is 1. The van der Waals surface area contributed by atoms with Crippen LogP contribution in [0.25, 0.3) is 5.65 Å². The molecule has 1 saturated heterocycles. The van der Waals surface area contributed by atoms with E-state index in [0.29, 0.717) is 18.6 Å². The Kier molecular flexibility index (Phi) is 4.98. The van der Waals surface area contributed by atoms with Gasteiger partial charge < -0.3 is 4.90 Å². The standard InChI is InChI=1S/C21H25N5O2/c1-3-16-14(2)23-19-13-17(24-26(19)21(16)28)18-9-5-7-11-25(18)20(27)12-15-8-4-6-10-22-15/h4,6,8,10,13,18,24H,3,5,7,9,11-12H2,1-2H3/t18-/m1/s1. The highest BCUT2D eigenvalue weighted by atomic mass is 16.2. The molecule has 1 N–H and O–H groups in total. The highest BCUT2D eigenvalue weighted by Gasteiger charge is 2.30. The molecule has 0 aliphatic carbocycles. The second-order valence-electron chi connectivity index (χ2n) is 7.34. The monoisotopic (exact) mass is 379 g/mol. The number of hydrogen-bond donors (Lipinski definition) is 1. The zero-order chi connectivity index (χ0) is 19.7. The highest BCUT2D eigenvalue weighted by Crippen LogP contribution is 2.31. The number of fused-ring (bicyclic) bond motifs is 1. The van der Waals surface area contributed by atoms with Crippen molar-refractivity contribution in [1.82, 2.24) is 24.5 Å². The van der Waals surface area contributed by atoms with Gasteiger partial charge >= 0.3 is 0 Å². The lowest BCUT2D eigenvalue weighted by Gasteiger charge is -2.35. The Morgan fingerprint density at radius 1 is 1.32 bits per heavy atom. The lowest BCUT2D eigenvalue weighted by Crippen LogP contribution is -2.39. The average molecular weight is 379 g/mol. The van der Waals surface area contributed by atoms with E-state index in [1.165, 1.54) is 4.52 Å². The summed E-state index contributed by atoms with van der Waals surface area (Å²) < 4.78 is 1.51. The SMILES string of the molecule is CCc1c(C)nc2cc([C@H]3CCCCN3C(=O)Cc3ccccn3)[nH]n2c1=O. The van der Waals surface area contributed by atoms with Crippen LogP contribution in [0.1, 0.15) is 54.9 Å². The number of rotatable bonds is 4. The van der Waals surface area contributed by atoms with Crippen LogP contribution in [-0.2, 0) is 17.6 Å². The molecule has 1 amide bonds. The Hall–Kier alpha value is -2.96. The second kappa shape index (κ2) is 7.58. The third-order valence-corrected chi connectivity index (χ3v) is 5.53. The van der Waals surface area contributed by atoms with E-state index in [4.69, 9.17) is 0 Å². The molecule has 4 heterocycles. The van der Waals surface area contributed by atoms with Crippen LogP contribution in [0, 0.1) is 6.92 Å². The van der Waals surface area contributed by atoms with E-state index in [0.717, 1.165) is 41.9 Å². The van der Waals surface area contributed by atoms with Crippen LogP contribution in [0.3, 0.4) is 0 Å². The molecule has 0 unspecified atom stereocenters. The minimum absolute atomic E-state index is 0.0570. The van der Waals surface area contributed by atoms with Crippen molar-refractivity contribution in [2.45, 2.75) is 52.0 Å². The number of hydrogen-bond acceptors (Lipinski definition) is 4. The van der Waals surface area contributed by atoms with Crippen molar-refractivity contribution in [3.8, 4) is 0 Å². The highest BCUT2D eigenvalue weighted by molar-refractivity contribution is 5.79. The minimum atomic E-state index is -0.0727. The molecule has 1 fully saturated rings. The fourth-order valence-electron chi connectivity index (χ4n) is 4.08.